The summed E-state index contributed by atoms with van der Waals surface area (Å²) in [5.41, 5.74) is 0. The molecule has 0 rings (SSSR count). The number of Topliss-reactive ketones (excluding diaryl/α,β-unsaturated/α-hetero) is 2. The Morgan fingerprint density at radius 2 is 1.72 bits per heavy atom. The number of carboxylic acids is 1. The maximum atomic E-state index is 11.6. The Morgan fingerprint density at radius 1 is 1.11 bits per heavy atom. The zero-order valence-corrected chi connectivity index (χ0v) is 10.7. The van der Waals surface area contributed by atoms with Crippen molar-refractivity contribution in [3.8, 4) is 0 Å². The van der Waals surface area contributed by atoms with Crippen LogP contribution >= 0.6 is 0 Å². The molecule has 102 valence electrons. The number of carbonyl (C=O) groups is 4. The fourth-order valence-electron chi connectivity index (χ4n) is 1.52. The van der Waals surface area contributed by atoms with Crippen molar-refractivity contribution in [1.29, 1.82) is 0 Å². The largest absolute Gasteiger partial charge is 0.480 e. The van der Waals surface area contributed by atoms with Gasteiger partial charge in [0.05, 0.1) is 0 Å². The Hall–Kier alpha value is -1.72. The molecule has 0 aromatic carbocycles. The summed E-state index contributed by atoms with van der Waals surface area (Å²) >= 11 is 0. The number of hydrogen-bond acceptors (Lipinski definition) is 4. The summed E-state index contributed by atoms with van der Waals surface area (Å²) in [5, 5.41) is 10.7. The third-order valence-corrected chi connectivity index (χ3v) is 2.49. The summed E-state index contributed by atoms with van der Waals surface area (Å²) in [5.74, 6) is -3.33. The van der Waals surface area contributed by atoms with Gasteiger partial charge in [0.25, 0.3) is 0 Å². The molecule has 1 atom stereocenters. The van der Waals surface area contributed by atoms with Gasteiger partial charge in [-0.05, 0) is 6.42 Å². The quantitative estimate of drug-likeness (QED) is 0.587. The van der Waals surface area contributed by atoms with Gasteiger partial charge in [0.2, 0.25) is 5.91 Å². The van der Waals surface area contributed by atoms with E-state index in [2.05, 4.69) is 5.32 Å². The molecule has 0 aromatic heterocycles. The van der Waals surface area contributed by atoms with Crippen molar-refractivity contribution in [3.05, 3.63) is 0 Å². The number of amides is 1. The topological polar surface area (TPSA) is 101 Å². The van der Waals surface area contributed by atoms with Gasteiger partial charge < -0.3 is 10.4 Å². The van der Waals surface area contributed by atoms with Gasteiger partial charge in [0.1, 0.15) is 6.54 Å². The molecular formula is C12H19NO5. The predicted molar refractivity (Wildman–Crippen MR) is 64.0 cm³/mol. The summed E-state index contributed by atoms with van der Waals surface area (Å²) in [6.07, 6.45) is 1.10. The Labute approximate surface area is 106 Å². The number of carbonyl (C=O) groups excluding carboxylic acids is 3. The van der Waals surface area contributed by atoms with Crippen molar-refractivity contribution < 1.29 is 24.3 Å². The van der Waals surface area contributed by atoms with Crippen LogP contribution in [0, 0.1) is 5.92 Å². The lowest BCUT2D eigenvalue weighted by Crippen LogP contribution is -2.36. The van der Waals surface area contributed by atoms with E-state index in [-0.39, 0.29) is 12.8 Å². The number of carboxylic acid groups (broad SMARTS) is 1. The first-order valence-corrected chi connectivity index (χ1v) is 5.97. The van der Waals surface area contributed by atoms with E-state index >= 15 is 0 Å². The van der Waals surface area contributed by atoms with Crippen molar-refractivity contribution in [3.63, 3.8) is 0 Å². The highest BCUT2D eigenvalue weighted by molar-refractivity contribution is 6.37. The molecule has 1 amide bonds. The number of aliphatic carboxylic acids is 1. The van der Waals surface area contributed by atoms with Crippen molar-refractivity contribution >= 4 is 23.4 Å². The van der Waals surface area contributed by atoms with E-state index in [1.165, 1.54) is 0 Å². The van der Waals surface area contributed by atoms with Crippen LogP contribution in [-0.4, -0.2) is 35.1 Å². The number of rotatable bonds is 9. The summed E-state index contributed by atoms with van der Waals surface area (Å²) in [6.45, 7) is 2.96. The second kappa shape index (κ2) is 8.38. The van der Waals surface area contributed by atoms with E-state index in [1.807, 2.05) is 6.92 Å². The van der Waals surface area contributed by atoms with E-state index in [4.69, 9.17) is 5.11 Å². The van der Waals surface area contributed by atoms with Crippen LogP contribution < -0.4 is 5.32 Å². The molecule has 2 N–H and O–H groups in total. The summed E-state index contributed by atoms with van der Waals surface area (Å²) in [4.78, 5) is 44.6. The highest BCUT2D eigenvalue weighted by atomic mass is 16.4. The Bertz CT molecular complexity index is 337. The molecule has 6 nitrogen and oxygen atoms in total. The number of ketones is 2. The Balaban J connectivity index is 4.45. The molecule has 0 unspecified atom stereocenters. The molecule has 0 bridgehead atoms. The fourth-order valence-corrected chi connectivity index (χ4v) is 1.52. The van der Waals surface area contributed by atoms with Crippen LogP contribution in [0.2, 0.25) is 0 Å². The first-order valence-electron chi connectivity index (χ1n) is 5.97. The van der Waals surface area contributed by atoms with Crippen LogP contribution in [0.15, 0.2) is 0 Å². The van der Waals surface area contributed by atoms with Gasteiger partial charge in [-0.25, -0.2) is 0 Å². The first kappa shape index (κ1) is 16.3. The average molecular weight is 257 g/mol. The van der Waals surface area contributed by atoms with Gasteiger partial charge in [0.15, 0.2) is 11.6 Å². The van der Waals surface area contributed by atoms with E-state index in [0.29, 0.717) is 12.8 Å². The van der Waals surface area contributed by atoms with Crippen LogP contribution in [0.3, 0.4) is 0 Å². The molecular weight excluding hydrogens is 238 g/mol. The zero-order chi connectivity index (χ0) is 14.1. The lowest BCUT2D eigenvalue weighted by molar-refractivity contribution is -0.140. The first-order chi connectivity index (χ1) is 8.42. The molecule has 18 heavy (non-hydrogen) atoms. The van der Waals surface area contributed by atoms with Crippen molar-refractivity contribution in [1.82, 2.24) is 5.32 Å². The molecule has 0 aliphatic heterocycles. The molecule has 6 heteroatoms. The van der Waals surface area contributed by atoms with Gasteiger partial charge in [-0.1, -0.05) is 20.3 Å². The van der Waals surface area contributed by atoms with Gasteiger partial charge in [-0.3, -0.25) is 19.2 Å². The highest BCUT2D eigenvalue weighted by Gasteiger charge is 2.24. The molecule has 0 saturated carbocycles. The average Bonchev–Trinajstić information content (AvgIpc) is 2.34. The molecule has 0 spiro atoms. The van der Waals surface area contributed by atoms with Crippen LogP contribution in [-0.2, 0) is 19.2 Å². The lowest BCUT2D eigenvalue weighted by atomic mass is 9.94. The molecule has 0 radical (unpaired) electrons. The fraction of sp³-hybridized carbons (Fsp3) is 0.667. The maximum absolute atomic E-state index is 11.6. The molecule has 0 saturated heterocycles. The van der Waals surface area contributed by atoms with Crippen molar-refractivity contribution in [2.75, 3.05) is 6.54 Å². The van der Waals surface area contributed by atoms with Gasteiger partial charge in [-0.15, -0.1) is 0 Å². The summed E-state index contributed by atoms with van der Waals surface area (Å²) in [6, 6.07) is 0. The van der Waals surface area contributed by atoms with Crippen molar-refractivity contribution in [2.45, 2.75) is 39.5 Å². The molecule has 0 aliphatic carbocycles. The minimum absolute atomic E-state index is 0.119. The standard InChI is InChI=1S/C12H19NO5/c1-3-5-8(6-10(15)9(14)4-2)12(18)13-7-11(16)17/h8H,3-7H2,1-2H3,(H,13,18)(H,16,17)/t8-/m1/s1. The molecule has 0 aromatic rings. The van der Waals surface area contributed by atoms with Crippen LogP contribution in [0.25, 0.3) is 0 Å². The minimum Gasteiger partial charge on any atom is -0.480 e. The van der Waals surface area contributed by atoms with E-state index in [0.717, 1.165) is 0 Å². The molecule has 0 fully saturated rings. The highest BCUT2D eigenvalue weighted by Crippen LogP contribution is 2.12. The second-order valence-corrected chi connectivity index (χ2v) is 4.00. The van der Waals surface area contributed by atoms with Crippen LogP contribution in [0.5, 0.6) is 0 Å². The smallest absolute Gasteiger partial charge is 0.322 e. The van der Waals surface area contributed by atoms with E-state index in [1.54, 1.807) is 6.92 Å². The maximum Gasteiger partial charge on any atom is 0.322 e. The van der Waals surface area contributed by atoms with Crippen LogP contribution in [0.1, 0.15) is 39.5 Å². The third-order valence-electron chi connectivity index (χ3n) is 2.49. The minimum atomic E-state index is -1.14. The van der Waals surface area contributed by atoms with Gasteiger partial charge in [0, 0.05) is 18.8 Å². The lowest BCUT2D eigenvalue weighted by Gasteiger charge is -2.14. The molecule has 0 heterocycles. The summed E-state index contributed by atoms with van der Waals surface area (Å²) in [7, 11) is 0. The summed E-state index contributed by atoms with van der Waals surface area (Å²) < 4.78 is 0. The number of hydrogen-bond donors (Lipinski definition) is 2. The monoisotopic (exact) mass is 257 g/mol. The number of nitrogens with one attached hydrogen (secondary N) is 1. The van der Waals surface area contributed by atoms with Gasteiger partial charge in [-0.2, -0.15) is 0 Å². The normalized spacial score (nSPS) is 11.7. The third kappa shape index (κ3) is 6.12. The Kier molecular flexibility index (Phi) is 7.58. The van der Waals surface area contributed by atoms with E-state index < -0.39 is 35.9 Å². The SMILES string of the molecule is CCC[C@H](CC(=O)C(=O)CC)C(=O)NCC(=O)O. The Morgan fingerprint density at radius 3 is 2.17 bits per heavy atom. The van der Waals surface area contributed by atoms with E-state index in [9.17, 15) is 19.2 Å². The zero-order valence-electron chi connectivity index (χ0n) is 10.7. The predicted octanol–water partition coefficient (Wildman–Crippen LogP) is 0.542. The second-order valence-electron chi connectivity index (χ2n) is 4.00. The van der Waals surface area contributed by atoms with Gasteiger partial charge >= 0.3 is 5.97 Å². The molecule has 0 aliphatic rings. The van der Waals surface area contributed by atoms with Crippen molar-refractivity contribution in [2.24, 2.45) is 5.92 Å². The van der Waals surface area contributed by atoms with Crippen LogP contribution in [0.4, 0.5) is 0 Å².